The van der Waals surface area contributed by atoms with E-state index in [-0.39, 0.29) is 11.8 Å². The Morgan fingerprint density at radius 2 is 1.85 bits per heavy atom. The summed E-state index contributed by atoms with van der Waals surface area (Å²) < 4.78 is 0. The Hall–Kier alpha value is -2.64. The van der Waals surface area contributed by atoms with E-state index in [1.807, 2.05) is 49.3 Å². The van der Waals surface area contributed by atoms with Crippen molar-refractivity contribution in [3.8, 4) is 6.07 Å². The lowest BCUT2D eigenvalue weighted by molar-refractivity contribution is -0.134. The molecule has 0 spiro atoms. The van der Waals surface area contributed by atoms with Crippen molar-refractivity contribution >= 4 is 5.91 Å². The molecule has 1 atom stereocenters. The van der Waals surface area contributed by atoms with Gasteiger partial charge in [0.15, 0.2) is 0 Å². The van der Waals surface area contributed by atoms with Gasteiger partial charge in [0.05, 0.1) is 17.6 Å². The van der Waals surface area contributed by atoms with Crippen LogP contribution >= 0.6 is 0 Å². The van der Waals surface area contributed by atoms with Crippen molar-refractivity contribution < 1.29 is 4.79 Å². The van der Waals surface area contributed by atoms with Gasteiger partial charge in [-0.05, 0) is 62.2 Å². The minimum atomic E-state index is -0.0458. The van der Waals surface area contributed by atoms with Gasteiger partial charge in [-0.2, -0.15) is 5.26 Å². The van der Waals surface area contributed by atoms with Gasteiger partial charge < -0.3 is 9.80 Å². The highest BCUT2D eigenvalue weighted by Gasteiger charge is 2.29. The fourth-order valence-electron chi connectivity index (χ4n) is 3.72. The number of rotatable bonds is 6. The summed E-state index contributed by atoms with van der Waals surface area (Å²) in [6.07, 6.45) is 3.04. The Labute approximate surface area is 162 Å². The highest BCUT2D eigenvalue weighted by Crippen LogP contribution is 2.33. The molecule has 4 nitrogen and oxygen atoms in total. The first kappa shape index (κ1) is 19.1. The zero-order chi connectivity index (χ0) is 19.2. The molecular formula is C23H27N3O. The minimum absolute atomic E-state index is 0.0458. The van der Waals surface area contributed by atoms with Gasteiger partial charge in [-0.1, -0.05) is 36.4 Å². The fraction of sp³-hybridized carbons (Fsp3) is 0.391. The number of nitriles is 1. The Balaban J connectivity index is 1.81. The second-order valence-electron chi connectivity index (χ2n) is 7.52. The van der Waals surface area contributed by atoms with E-state index in [4.69, 9.17) is 5.26 Å². The molecule has 0 saturated heterocycles. The molecule has 0 aromatic heterocycles. The molecule has 0 radical (unpaired) electrons. The number of hydrogen-bond acceptors (Lipinski definition) is 3. The first-order valence-electron chi connectivity index (χ1n) is 9.59. The van der Waals surface area contributed by atoms with Gasteiger partial charge in [-0.3, -0.25) is 4.79 Å². The summed E-state index contributed by atoms with van der Waals surface area (Å²) in [5.41, 5.74) is 4.22. The lowest BCUT2D eigenvalue weighted by Crippen LogP contribution is -2.39. The zero-order valence-electron chi connectivity index (χ0n) is 16.2. The first-order valence-corrected chi connectivity index (χ1v) is 9.59. The fourth-order valence-corrected chi connectivity index (χ4v) is 3.72. The Morgan fingerprint density at radius 1 is 1.11 bits per heavy atom. The van der Waals surface area contributed by atoms with Crippen LogP contribution in [0, 0.1) is 11.3 Å². The number of aryl methyl sites for hydroxylation is 1. The van der Waals surface area contributed by atoms with Crippen molar-refractivity contribution in [1.29, 1.82) is 5.26 Å². The van der Waals surface area contributed by atoms with E-state index in [1.165, 1.54) is 11.1 Å². The van der Waals surface area contributed by atoms with Crippen LogP contribution in [0.3, 0.4) is 0 Å². The van der Waals surface area contributed by atoms with Crippen molar-refractivity contribution in [2.45, 2.75) is 31.7 Å². The average molecular weight is 361 g/mol. The van der Waals surface area contributed by atoms with Crippen LogP contribution in [0.25, 0.3) is 0 Å². The molecule has 1 amide bonds. The number of likely N-dealkylation sites (N-methyl/N-ethyl adjacent to an activating group) is 1. The summed E-state index contributed by atoms with van der Waals surface area (Å²) in [6.45, 7) is 2.11. The topological polar surface area (TPSA) is 47.3 Å². The SMILES string of the molecule is CN(C)CCN(Cc1ccc(C#N)cc1)C(=O)C1CCCc2ccccc21. The summed E-state index contributed by atoms with van der Waals surface area (Å²) in [5, 5.41) is 8.99. The molecule has 2 aromatic carbocycles. The van der Waals surface area contributed by atoms with E-state index in [2.05, 4.69) is 29.2 Å². The van der Waals surface area contributed by atoms with Gasteiger partial charge in [0.25, 0.3) is 0 Å². The highest BCUT2D eigenvalue weighted by molar-refractivity contribution is 5.84. The molecule has 0 saturated carbocycles. The van der Waals surface area contributed by atoms with Crippen molar-refractivity contribution in [2.24, 2.45) is 0 Å². The number of carbonyl (C=O) groups excluding carboxylic acids is 1. The maximum Gasteiger partial charge on any atom is 0.230 e. The van der Waals surface area contributed by atoms with Crippen molar-refractivity contribution in [3.05, 3.63) is 70.8 Å². The van der Waals surface area contributed by atoms with Crippen LogP contribution in [0.1, 0.15) is 41.0 Å². The zero-order valence-corrected chi connectivity index (χ0v) is 16.2. The van der Waals surface area contributed by atoms with Gasteiger partial charge >= 0.3 is 0 Å². The summed E-state index contributed by atoms with van der Waals surface area (Å²) in [4.78, 5) is 17.5. The molecule has 140 valence electrons. The van der Waals surface area contributed by atoms with E-state index < -0.39 is 0 Å². The molecule has 1 aliphatic carbocycles. The number of hydrogen-bond donors (Lipinski definition) is 0. The Bertz CT molecular complexity index is 820. The van der Waals surface area contributed by atoms with E-state index in [0.717, 1.165) is 31.4 Å². The molecule has 27 heavy (non-hydrogen) atoms. The summed E-state index contributed by atoms with van der Waals surface area (Å²) >= 11 is 0. The summed E-state index contributed by atoms with van der Waals surface area (Å²) in [5.74, 6) is 0.170. The van der Waals surface area contributed by atoms with Gasteiger partial charge in [-0.15, -0.1) is 0 Å². The van der Waals surface area contributed by atoms with Crippen molar-refractivity contribution in [1.82, 2.24) is 9.80 Å². The standard InChI is InChI=1S/C23H27N3O/c1-25(2)14-15-26(17-19-12-10-18(16-24)11-13-19)23(27)22-9-5-7-20-6-3-4-8-21(20)22/h3-4,6,8,10-13,22H,5,7,9,14-15,17H2,1-2H3. The molecule has 0 bridgehead atoms. The van der Waals surface area contributed by atoms with Crippen LogP contribution in [-0.2, 0) is 17.8 Å². The molecule has 3 rings (SSSR count). The highest BCUT2D eigenvalue weighted by atomic mass is 16.2. The van der Waals surface area contributed by atoms with Gasteiger partial charge in [-0.25, -0.2) is 0 Å². The molecule has 1 aliphatic rings. The van der Waals surface area contributed by atoms with Crippen LogP contribution in [0.15, 0.2) is 48.5 Å². The van der Waals surface area contributed by atoms with Gasteiger partial charge in [0.1, 0.15) is 0 Å². The number of nitrogens with zero attached hydrogens (tertiary/aromatic N) is 3. The third-order valence-electron chi connectivity index (χ3n) is 5.25. The second kappa shape index (κ2) is 8.83. The number of amides is 1. The average Bonchev–Trinajstić information content (AvgIpc) is 2.70. The molecule has 0 N–H and O–H groups in total. The predicted octanol–water partition coefficient (Wildman–Crippen LogP) is 3.57. The Kier molecular flexibility index (Phi) is 6.26. The molecule has 1 unspecified atom stereocenters. The lowest BCUT2D eigenvalue weighted by Gasteiger charge is -2.31. The lowest BCUT2D eigenvalue weighted by atomic mass is 9.82. The molecule has 0 fully saturated rings. The van der Waals surface area contributed by atoms with Gasteiger partial charge in [0.2, 0.25) is 5.91 Å². The van der Waals surface area contributed by atoms with Gasteiger partial charge in [0, 0.05) is 19.6 Å². The van der Waals surface area contributed by atoms with Crippen LogP contribution in [0.5, 0.6) is 0 Å². The van der Waals surface area contributed by atoms with Crippen LogP contribution in [0.4, 0.5) is 0 Å². The van der Waals surface area contributed by atoms with Crippen LogP contribution in [0.2, 0.25) is 0 Å². The summed E-state index contributed by atoms with van der Waals surface area (Å²) in [7, 11) is 4.06. The predicted molar refractivity (Wildman–Crippen MR) is 107 cm³/mol. The quantitative estimate of drug-likeness (QED) is 0.790. The van der Waals surface area contributed by atoms with E-state index in [1.54, 1.807) is 0 Å². The number of benzene rings is 2. The largest absolute Gasteiger partial charge is 0.337 e. The van der Waals surface area contributed by atoms with Crippen LogP contribution in [-0.4, -0.2) is 42.9 Å². The van der Waals surface area contributed by atoms with E-state index in [9.17, 15) is 4.79 Å². The number of carbonyl (C=O) groups is 1. The molecule has 4 heteroatoms. The maximum absolute atomic E-state index is 13.5. The first-order chi connectivity index (χ1) is 13.1. The maximum atomic E-state index is 13.5. The summed E-state index contributed by atoms with van der Waals surface area (Å²) in [6, 6.07) is 18.0. The third-order valence-corrected chi connectivity index (χ3v) is 5.25. The normalized spacial score (nSPS) is 15.9. The molecule has 0 aliphatic heterocycles. The van der Waals surface area contributed by atoms with Crippen molar-refractivity contribution in [3.63, 3.8) is 0 Å². The molecule has 2 aromatic rings. The molecular weight excluding hydrogens is 334 g/mol. The second-order valence-corrected chi connectivity index (χ2v) is 7.52. The third kappa shape index (κ3) is 4.75. The number of fused-ring (bicyclic) bond motifs is 1. The minimum Gasteiger partial charge on any atom is -0.337 e. The Morgan fingerprint density at radius 3 is 2.56 bits per heavy atom. The monoisotopic (exact) mass is 361 g/mol. The van der Waals surface area contributed by atoms with E-state index in [0.29, 0.717) is 18.7 Å². The van der Waals surface area contributed by atoms with E-state index >= 15 is 0 Å². The van der Waals surface area contributed by atoms with Crippen molar-refractivity contribution in [2.75, 3.05) is 27.2 Å². The van der Waals surface area contributed by atoms with Crippen LogP contribution < -0.4 is 0 Å². The molecule has 0 heterocycles. The smallest absolute Gasteiger partial charge is 0.230 e.